The number of nitrogens with zero attached hydrogens (tertiary/aromatic N) is 3. The third-order valence-electron chi connectivity index (χ3n) is 2.37. The molecule has 0 unspecified atom stereocenters. The predicted octanol–water partition coefficient (Wildman–Crippen LogP) is 1.38. The van der Waals surface area contributed by atoms with Crippen molar-refractivity contribution in [2.24, 2.45) is 5.84 Å². The van der Waals surface area contributed by atoms with Gasteiger partial charge in [0.2, 0.25) is 0 Å². The van der Waals surface area contributed by atoms with Crippen LogP contribution in [0.15, 0.2) is 28.9 Å². The van der Waals surface area contributed by atoms with Gasteiger partial charge in [0.05, 0.1) is 17.8 Å². The lowest BCUT2D eigenvalue weighted by atomic mass is 10.3. The normalized spacial score (nSPS) is 10.3. The van der Waals surface area contributed by atoms with E-state index in [1.807, 2.05) is 11.5 Å². The molecule has 0 saturated heterocycles. The van der Waals surface area contributed by atoms with Crippen molar-refractivity contribution in [1.29, 1.82) is 0 Å². The largest absolute Gasteiger partial charge is 0.490 e. The molecule has 106 valence electrons. The Morgan fingerprint density at radius 1 is 1.55 bits per heavy atom. The second-order valence-corrected chi connectivity index (χ2v) is 5.09. The zero-order valence-electron chi connectivity index (χ0n) is 10.2. The van der Waals surface area contributed by atoms with Crippen molar-refractivity contribution in [3.63, 3.8) is 0 Å². The van der Waals surface area contributed by atoms with Gasteiger partial charge in [-0.2, -0.15) is 0 Å². The van der Waals surface area contributed by atoms with Crippen LogP contribution in [0, 0.1) is 0 Å². The van der Waals surface area contributed by atoms with E-state index in [0.717, 1.165) is 4.47 Å². The van der Waals surface area contributed by atoms with Crippen molar-refractivity contribution in [2.45, 2.75) is 6.54 Å². The third-order valence-corrected chi connectivity index (χ3v) is 3.18. The van der Waals surface area contributed by atoms with Crippen molar-refractivity contribution < 1.29 is 9.53 Å². The van der Waals surface area contributed by atoms with Crippen LogP contribution in [-0.2, 0) is 6.54 Å². The average Bonchev–Trinajstić information content (AvgIpc) is 2.90. The maximum atomic E-state index is 11.2. The van der Waals surface area contributed by atoms with Gasteiger partial charge in [0.1, 0.15) is 12.4 Å². The highest BCUT2D eigenvalue weighted by Gasteiger charge is 2.09. The van der Waals surface area contributed by atoms with E-state index < -0.39 is 5.91 Å². The first-order valence-corrected chi connectivity index (χ1v) is 6.76. The fourth-order valence-electron chi connectivity index (χ4n) is 1.42. The molecule has 0 fully saturated rings. The number of carbonyl (C=O) groups excluding carboxylic acids is 1. The van der Waals surface area contributed by atoms with Crippen LogP contribution < -0.4 is 16.0 Å². The maximum absolute atomic E-state index is 11.2. The van der Waals surface area contributed by atoms with E-state index in [1.54, 1.807) is 12.1 Å². The highest BCUT2D eigenvalue weighted by atomic mass is 79.9. The van der Waals surface area contributed by atoms with Crippen LogP contribution in [-0.4, -0.2) is 27.5 Å². The van der Waals surface area contributed by atoms with Crippen LogP contribution >= 0.6 is 27.5 Å². The molecule has 0 bridgehead atoms. The van der Waals surface area contributed by atoms with Gasteiger partial charge in [0.25, 0.3) is 5.91 Å². The first-order chi connectivity index (χ1) is 9.60. The molecule has 0 aliphatic heterocycles. The summed E-state index contributed by atoms with van der Waals surface area (Å²) in [5.41, 5.74) is 2.13. The van der Waals surface area contributed by atoms with E-state index in [-0.39, 0.29) is 5.69 Å². The van der Waals surface area contributed by atoms with E-state index in [4.69, 9.17) is 22.2 Å². The van der Waals surface area contributed by atoms with Crippen LogP contribution in [0.4, 0.5) is 0 Å². The molecular weight excluding hydrogens is 350 g/mol. The Labute approximate surface area is 128 Å². The number of nitrogens with two attached hydrogens (primary N) is 1. The predicted molar refractivity (Wildman–Crippen MR) is 76.3 cm³/mol. The molecule has 0 aliphatic carbocycles. The zero-order chi connectivity index (χ0) is 14.5. The monoisotopic (exact) mass is 359 g/mol. The van der Waals surface area contributed by atoms with Crippen LogP contribution in [0.5, 0.6) is 5.75 Å². The van der Waals surface area contributed by atoms with Gasteiger partial charge in [-0.1, -0.05) is 32.7 Å². The number of nitrogens with one attached hydrogen (secondary N) is 1. The standard InChI is InChI=1S/C11H11BrClN5O2/c12-7-1-2-8(13)10(5-7)20-4-3-18-6-9(16-17-18)11(19)15-14/h1-2,5-6H,3-4,14H2,(H,15,19). The number of hydrazine groups is 1. The van der Waals surface area contributed by atoms with Crippen LogP contribution in [0.2, 0.25) is 5.02 Å². The lowest BCUT2D eigenvalue weighted by molar-refractivity contribution is 0.0948. The van der Waals surface area contributed by atoms with Gasteiger partial charge < -0.3 is 4.74 Å². The molecular formula is C11H11BrClN5O2. The number of hydrogen-bond acceptors (Lipinski definition) is 5. The van der Waals surface area contributed by atoms with Crippen LogP contribution in [0.25, 0.3) is 0 Å². The van der Waals surface area contributed by atoms with Gasteiger partial charge >= 0.3 is 0 Å². The average molecular weight is 361 g/mol. The molecule has 20 heavy (non-hydrogen) atoms. The van der Waals surface area contributed by atoms with Crippen LogP contribution in [0.1, 0.15) is 10.5 Å². The fraction of sp³-hybridized carbons (Fsp3) is 0.182. The number of halogens is 2. The number of aromatic nitrogens is 3. The van der Waals surface area contributed by atoms with Gasteiger partial charge in [-0.25, -0.2) is 10.5 Å². The zero-order valence-corrected chi connectivity index (χ0v) is 12.6. The van der Waals surface area contributed by atoms with Gasteiger partial charge in [-0.15, -0.1) is 5.10 Å². The molecule has 7 nitrogen and oxygen atoms in total. The summed E-state index contributed by atoms with van der Waals surface area (Å²) in [6.07, 6.45) is 1.48. The minimum atomic E-state index is -0.493. The summed E-state index contributed by atoms with van der Waals surface area (Å²) in [6, 6.07) is 5.33. The van der Waals surface area contributed by atoms with Gasteiger partial charge in [-0.3, -0.25) is 10.2 Å². The third kappa shape index (κ3) is 3.69. The van der Waals surface area contributed by atoms with E-state index in [9.17, 15) is 4.79 Å². The summed E-state index contributed by atoms with van der Waals surface area (Å²) in [5, 5.41) is 7.98. The van der Waals surface area contributed by atoms with Crippen molar-refractivity contribution in [3.05, 3.63) is 39.6 Å². The Morgan fingerprint density at radius 2 is 2.35 bits per heavy atom. The molecule has 2 rings (SSSR count). The first kappa shape index (κ1) is 14.8. The molecule has 0 radical (unpaired) electrons. The number of nitrogen functional groups attached to an aromatic ring is 1. The molecule has 1 heterocycles. The molecule has 1 aromatic heterocycles. The Hall–Kier alpha value is -1.64. The lowest BCUT2D eigenvalue weighted by Gasteiger charge is -2.08. The molecule has 9 heteroatoms. The summed E-state index contributed by atoms with van der Waals surface area (Å²) in [5.74, 6) is 5.08. The maximum Gasteiger partial charge on any atom is 0.287 e. The van der Waals surface area contributed by atoms with Crippen molar-refractivity contribution >= 4 is 33.4 Å². The number of amides is 1. The number of carbonyl (C=O) groups is 1. The minimum absolute atomic E-state index is 0.146. The quantitative estimate of drug-likeness (QED) is 0.477. The molecule has 1 amide bonds. The van der Waals surface area contributed by atoms with Gasteiger partial charge in [0.15, 0.2) is 5.69 Å². The molecule has 2 aromatic rings. The second-order valence-electron chi connectivity index (χ2n) is 3.76. The fourth-order valence-corrected chi connectivity index (χ4v) is 1.93. The summed E-state index contributed by atoms with van der Waals surface area (Å²) < 4.78 is 7.90. The summed E-state index contributed by atoms with van der Waals surface area (Å²) in [7, 11) is 0. The highest BCUT2D eigenvalue weighted by molar-refractivity contribution is 9.10. The second kappa shape index (κ2) is 6.69. The Balaban J connectivity index is 1.91. The Bertz CT molecular complexity index is 619. The van der Waals surface area contributed by atoms with E-state index in [0.29, 0.717) is 23.9 Å². The molecule has 1 aromatic carbocycles. The molecule has 0 atom stereocenters. The Kier molecular flexibility index (Phi) is 4.94. The summed E-state index contributed by atoms with van der Waals surface area (Å²) in [4.78, 5) is 11.2. The van der Waals surface area contributed by atoms with E-state index in [1.165, 1.54) is 10.9 Å². The topological polar surface area (TPSA) is 95.1 Å². The Morgan fingerprint density at radius 3 is 3.10 bits per heavy atom. The molecule has 0 spiro atoms. The SMILES string of the molecule is NNC(=O)c1cn(CCOc2cc(Br)ccc2Cl)nn1. The van der Waals surface area contributed by atoms with E-state index >= 15 is 0 Å². The molecule has 0 aliphatic rings. The van der Waals surface area contributed by atoms with Crippen molar-refractivity contribution in [1.82, 2.24) is 20.4 Å². The lowest BCUT2D eigenvalue weighted by Crippen LogP contribution is -2.30. The van der Waals surface area contributed by atoms with Crippen molar-refractivity contribution in [3.8, 4) is 5.75 Å². The number of ether oxygens (including phenoxy) is 1. The number of benzene rings is 1. The molecule has 3 N–H and O–H groups in total. The number of hydrogen-bond donors (Lipinski definition) is 2. The smallest absolute Gasteiger partial charge is 0.287 e. The van der Waals surface area contributed by atoms with Gasteiger partial charge in [0, 0.05) is 4.47 Å². The highest BCUT2D eigenvalue weighted by Crippen LogP contribution is 2.27. The van der Waals surface area contributed by atoms with Crippen LogP contribution in [0.3, 0.4) is 0 Å². The summed E-state index contributed by atoms with van der Waals surface area (Å²) in [6.45, 7) is 0.761. The molecule has 0 saturated carbocycles. The minimum Gasteiger partial charge on any atom is -0.490 e. The first-order valence-electron chi connectivity index (χ1n) is 5.59. The van der Waals surface area contributed by atoms with Gasteiger partial charge in [-0.05, 0) is 18.2 Å². The van der Waals surface area contributed by atoms with Crippen molar-refractivity contribution in [2.75, 3.05) is 6.61 Å². The summed E-state index contributed by atoms with van der Waals surface area (Å²) >= 11 is 9.33. The van der Waals surface area contributed by atoms with E-state index in [2.05, 4.69) is 26.2 Å². The number of rotatable bonds is 5.